The summed E-state index contributed by atoms with van der Waals surface area (Å²) in [6, 6.07) is 6.53. The average molecular weight is 264 g/mol. The predicted octanol–water partition coefficient (Wildman–Crippen LogP) is 4.34. The Kier molecular flexibility index (Phi) is 4.62. The van der Waals surface area contributed by atoms with Crippen molar-refractivity contribution >= 4 is 0 Å². The van der Waals surface area contributed by atoms with Gasteiger partial charge in [0.25, 0.3) is 0 Å². The fourth-order valence-electron chi connectivity index (χ4n) is 3.63. The monoisotopic (exact) mass is 264 g/mol. The number of hydrogen-bond acceptors (Lipinski definition) is 1. The number of rotatable bonds is 5. The molecule has 0 saturated heterocycles. The van der Waals surface area contributed by atoms with E-state index in [1.165, 1.54) is 25.0 Å². The first-order valence-corrected chi connectivity index (χ1v) is 7.44. The van der Waals surface area contributed by atoms with E-state index in [1.54, 1.807) is 12.1 Å². The molecule has 0 heterocycles. The van der Waals surface area contributed by atoms with E-state index in [1.807, 2.05) is 0 Å². The summed E-state index contributed by atoms with van der Waals surface area (Å²) in [5.74, 6) is 0.400. The average Bonchev–Trinajstić information content (AvgIpc) is 2.81. The Bertz CT molecular complexity index is 390. The van der Waals surface area contributed by atoms with Crippen LogP contribution in [0.3, 0.4) is 0 Å². The Labute approximate surface area is 115 Å². The molecule has 0 aromatic heterocycles. The van der Waals surface area contributed by atoms with E-state index in [4.69, 9.17) is 0 Å². The maximum absolute atomic E-state index is 12.9. The molecule has 1 saturated carbocycles. The lowest BCUT2D eigenvalue weighted by Gasteiger charge is -2.36. The summed E-state index contributed by atoms with van der Waals surface area (Å²) in [6.07, 6.45) is 6.16. The van der Waals surface area contributed by atoms with Gasteiger partial charge in [-0.05, 0) is 54.7 Å². The molecule has 1 fully saturated rings. The highest BCUT2D eigenvalue weighted by Crippen LogP contribution is 2.46. The zero-order valence-electron chi connectivity index (χ0n) is 12.0. The zero-order chi connectivity index (χ0) is 13.9. The Morgan fingerprint density at radius 3 is 2.26 bits per heavy atom. The molecule has 1 N–H and O–H groups in total. The van der Waals surface area contributed by atoms with Gasteiger partial charge in [-0.1, -0.05) is 38.8 Å². The first kappa shape index (κ1) is 14.5. The van der Waals surface area contributed by atoms with Crippen molar-refractivity contribution in [1.29, 1.82) is 0 Å². The second-order valence-corrected chi connectivity index (χ2v) is 6.51. The molecular weight excluding hydrogens is 239 g/mol. The zero-order valence-corrected chi connectivity index (χ0v) is 12.0. The summed E-state index contributed by atoms with van der Waals surface area (Å²) in [5.41, 5.74) is 1.12. The van der Waals surface area contributed by atoms with Gasteiger partial charge in [-0.2, -0.15) is 0 Å². The van der Waals surface area contributed by atoms with Crippen LogP contribution in [0.25, 0.3) is 0 Å². The highest BCUT2D eigenvalue weighted by Gasteiger charge is 2.40. The molecule has 0 radical (unpaired) electrons. The summed E-state index contributed by atoms with van der Waals surface area (Å²) >= 11 is 0. The van der Waals surface area contributed by atoms with Gasteiger partial charge in [0.1, 0.15) is 5.82 Å². The van der Waals surface area contributed by atoms with Crippen molar-refractivity contribution in [2.24, 2.45) is 11.3 Å². The second kappa shape index (κ2) is 6.04. The summed E-state index contributed by atoms with van der Waals surface area (Å²) in [4.78, 5) is 0. The van der Waals surface area contributed by atoms with Gasteiger partial charge >= 0.3 is 0 Å². The molecule has 106 valence electrons. The Balaban J connectivity index is 2.07. The van der Waals surface area contributed by atoms with Gasteiger partial charge in [0, 0.05) is 0 Å². The highest BCUT2D eigenvalue weighted by molar-refractivity contribution is 5.17. The fraction of sp³-hybridized carbons (Fsp3) is 0.647. The molecular formula is C17H25FO. The van der Waals surface area contributed by atoms with Crippen LogP contribution >= 0.6 is 0 Å². The lowest BCUT2D eigenvalue weighted by Crippen LogP contribution is -2.35. The van der Waals surface area contributed by atoms with E-state index in [-0.39, 0.29) is 17.3 Å². The molecule has 2 rings (SSSR count). The Morgan fingerprint density at radius 1 is 1.16 bits per heavy atom. The normalized spacial score (nSPS) is 19.8. The van der Waals surface area contributed by atoms with Gasteiger partial charge in [0.05, 0.1) is 6.10 Å². The molecule has 0 bridgehead atoms. The third-order valence-electron chi connectivity index (χ3n) is 4.46. The second-order valence-electron chi connectivity index (χ2n) is 6.51. The minimum Gasteiger partial charge on any atom is -0.392 e. The van der Waals surface area contributed by atoms with Crippen molar-refractivity contribution in [2.45, 2.75) is 58.5 Å². The van der Waals surface area contributed by atoms with E-state index >= 15 is 0 Å². The lowest BCUT2D eigenvalue weighted by molar-refractivity contribution is 0.0134. The molecule has 1 unspecified atom stereocenters. The van der Waals surface area contributed by atoms with Gasteiger partial charge in [0.15, 0.2) is 0 Å². The first-order chi connectivity index (χ1) is 9.02. The van der Waals surface area contributed by atoms with Crippen molar-refractivity contribution in [2.75, 3.05) is 0 Å². The molecule has 2 heteroatoms. The molecule has 0 amide bonds. The van der Waals surface area contributed by atoms with Crippen LogP contribution in [0.4, 0.5) is 4.39 Å². The van der Waals surface area contributed by atoms with Crippen LogP contribution in [0.2, 0.25) is 0 Å². The molecule has 1 aromatic carbocycles. The number of hydrogen-bond donors (Lipinski definition) is 1. The Hall–Kier alpha value is -0.890. The molecule has 19 heavy (non-hydrogen) atoms. The van der Waals surface area contributed by atoms with E-state index < -0.39 is 0 Å². The van der Waals surface area contributed by atoms with Crippen molar-refractivity contribution in [1.82, 2.24) is 0 Å². The van der Waals surface area contributed by atoms with Gasteiger partial charge in [-0.3, -0.25) is 0 Å². The van der Waals surface area contributed by atoms with Crippen LogP contribution in [0.15, 0.2) is 24.3 Å². The van der Waals surface area contributed by atoms with Crippen LogP contribution in [0, 0.1) is 17.2 Å². The van der Waals surface area contributed by atoms with Crippen LogP contribution in [-0.2, 0) is 6.42 Å². The van der Waals surface area contributed by atoms with Crippen LogP contribution in [0.5, 0.6) is 0 Å². The maximum Gasteiger partial charge on any atom is 0.123 e. The van der Waals surface area contributed by atoms with Crippen LogP contribution in [0.1, 0.15) is 51.5 Å². The topological polar surface area (TPSA) is 20.2 Å². The smallest absolute Gasteiger partial charge is 0.123 e. The largest absolute Gasteiger partial charge is 0.392 e. The minimum atomic E-state index is -0.303. The van der Waals surface area contributed by atoms with E-state index in [2.05, 4.69) is 13.8 Å². The number of aliphatic hydroxyl groups excluding tert-OH is 1. The summed E-state index contributed by atoms with van der Waals surface area (Å²) in [5, 5.41) is 10.7. The van der Waals surface area contributed by atoms with Gasteiger partial charge in [0.2, 0.25) is 0 Å². The summed E-state index contributed by atoms with van der Waals surface area (Å²) < 4.78 is 12.9. The molecule has 1 nitrogen and oxygen atoms in total. The van der Waals surface area contributed by atoms with E-state index in [0.29, 0.717) is 12.3 Å². The third kappa shape index (κ3) is 3.56. The van der Waals surface area contributed by atoms with Crippen molar-refractivity contribution < 1.29 is 9.50 Å². The molecule has 0 aliphatic heterocycles. The standard InChI is InChI=1S/C17H25FO/c1-13(2)12-17(9-3-4-10-17)16(19)11-14-5-7-15(18)8-6-14/h5-8,13,16,19H,3-4,9-12H2,1-2H3. The maximum atomic E-state index is 12.9. The van der Waals surface area contributed by atoms with Gasteiger partial charge < -0.3 is 5.11 Å². The molecule has 1 aliphatic carbocycles. The molecule has 0 spiro atoms. The predicted molar refractivity (Wildman–Crippen MR) is 76.5 cm³/mol. The first-order valence-electron chi connectivity index (χ1n) is 7.44. The van der Waals surface area contributed by atoms with Crippen molar-refractivity contribution in [3.63, 3.8) is 0 Å². The summed E-state index contributed by atoms with van der Waals surface area (Å²) in [7, 11) is 0. The lowest BCUT2D eigenvalue weighted by atomic mass is 9.72. The van der Waals surface area contributed by atoms with Crippen molar-refractivity contribution in [3.05, 3.63) is 35.6 Å². The summed E-state index contributed by atoms with van der Waals surface area (Å²) in [6.45, 7) is 4.45. The van der Waals surface area contributed by atoms with Gasteiger partial charge in [-0.15, -0.1) is 0 Å². The Morgan fingerprint density at radius 2 is 1.74 bits per heavy atom. The third-order valence-corrected chi connectivity index (χ3v) is 4.46. The number of benzene rings is 1. The quantitative estimate of drug-likeness (QED) is 0.839. The van der Waals surface area contributed by atoms with Crippen LogP contribution in [-0.4, -0.2) is 11.2 Å². The highest BCUT2D eigenvalue weighted by atomic mass is 19.1. The number of aliphatic hydroxyl groups is 1. The van der Waals surface area contributed by atoms with E-state index in [9.17, 15) is 9.50 Å². The fourth-order valence-corrected chi connectivity index (χ4v) is 3.63. The SMILES string of the molecule is CC(C)CC1(C(O)Cc2ccc(F)cc2)CCCC1. The van der Waals surface area contributed by atoms with Crippen LogP contribution < -0.4 is 0 Å². The number of halogens is 1. The molecule has 1 aromatic rings. The van der Waals surface area contributed by atoms with Crippen molar-refractivity contribution in [3.8, 4) is 0 Å². The minimum absolute atomic E-state index is 0.0859. The molecule has 1 aliphatic rings. The van der Waals surface area contributed by atoms with E-state index in [0.717, 1.165) is 24.8 Å². The molecule has 1 atom stereocenters. The van der Waals surface area contributed by atoms with Gasteiger partial charge in [-0.25, -0.2) is 4.39 Å².